The summed E-state index contributed by atoms with van der Waals surface area (Å²) in [6.45, 7) is 3.95. The molecule has 0 unspecified atom stereocenters. The van der Waals surface area contributed by atoms with Crippen LogP contribution in [-0.4, -0.2) is 30.1 Å². The SMILES string of the molecule is CCOC(=O)[C@@H]1CCCCN1Cc1cccc(Oc2ccccc2)c1. The molecular weight excluding hydrogens is 314 g/mol. The first-order chi connectivity index (χ1) is 12.3. The van der Waals surface area contributed by atoms with E-state index >= 15 is 0 Å². The zero-order valence-electron chi connectivity index (χ0n) is 14.7. The van der Waals surface area contributed by atoms with Gasteiger partial charge in [0.1, 0.15) is 17.5 Å². The Morgan fingerprint density at radius 3 is 2.68 bits per heavy atom. The van der Waals surface area contributed by atoms with E-state index in [2.05, 4.69) is 11.0 Å². The Kier molecular flexibility index (Phi) is 6.07. The van der Waals surface area contributed by atoms with Crippen molar-refractivity contribution in [2.45, 2.75) is 38.8 Å². The van der Waals surface area contributed by atoms with Gasteiger partial charge in [-0.15, -0.1) is 0 Å². The van der Waals surface area contributed by atoms with Crippen molar-refractivity contribution < 1.29 is 14.3 Å². The van der Waals surface area contributed by atoms with Crippen molar-refractivity contribution >= 4 is 5.97 Å². The normalized spacial score (nSPS) is 17.9. The molecule has 3 rings (SSSR count). The van der Waals surface area contributed by atoms with Gasteiger partial charge in [-0.1, -0.05) is 36.8 Å². The highest BCUT2D eigenvalue weighted by molar-refractivity contribution is 5.75. The van der Waals surface area contributed by atoms with E-state index < -0.39 is 0 Å². The fourth-order valence-corrected chi connectivity index (χ4v) is 3.25. The van der Waals surface area contributed by atoms with Gasteiger partial charge in [0.15, 0.2) is 0 Å². The molecule has 4 heteroatoms. The van der Waals surface area contributed by atoms with Crippen LogP contribution in [0, 0.1) is 0 Å². The van der Waals surface area contributed by atoms with E-state index in [1.54, 1.807) is 0 Å². The molecule has 0 bridgehead atoms. The number of likely N-dealkylation sites (tertiary alicyclic amines) is 1. The molecule has 1 heterocycles. The van der Waals surface area contributed by atoms with Gasteiger partial charge in [-0.3, -0.25) is 9.69 Å². The molecule has 0 radical (unpaired) electrons. The van der Waals surface area contributed by atoms with Crippen molar-refractivity contribution in [3.8, 4) is 11.5 Å². The van der Waals surface area contributed by atoms with E-state index in [-0.39, 0.29) is 12.0 Å². The van der Waals surface area contributed by atoms with Gasteiger partial charge in [0.25, 0.3) is 0 Å². The number of carbonyl (C=O) groups is 1. The quantitative estimate of drug-likeness (QED) is 0.731. The van der Waals surface area contributed by atoms with Gasteiger partial charge in [-0.2, -0.15) is 0 Å². The fraction of sp³-hybridized carbons (Fsp3) is 0.381. The van der Waals surface area contributed by atoms with Crippen molar-refractivity contribution in [3.63, 3.8) is 0 Å². The van der Waals surface area contributed by atoms with Crippen molar-refractivity contribution in [1.29, 1.82) is 0 Å². The lowest BCUT2D eigenvalue weighted by Crippen LogP contribution is -2.44. The molecule has 0 aliphatic carbocycles. The number of para-hydroxylation sites is 1. The number of nitrogens with zero attached hydrogens (tertiary/aromatic N) is 1. The summed E-state index contributed by atoms with van der Waals surface area (Å²) in [6.07, 6.45) is 3.08. The minimum Gasteiger partial charge on any atom is -0.465 e. The molecule has 25 heavy (non-hydrogen) atoms. The third-order valence-electron chi connectivity index (χ3n) is 4.44. The van der Waals surface area contributed by atoms with E-state index in [0.29, 0.717) is 6.61 Å². The third-order valence-corrected chi connectivity index (χ3v) is 4.44. The number of carbonyl (C=O) groups excluding carboxylic acids is 1. The van der Waals surface area contributed by atoms with Gasteiger partial charge in [0.05, 0.1) is 6.61 Å². The summed E-state index contributed by atoms with van der Waals surface area (Å²) in [6, 6.07) is 17.7. The number of rotatable bonds is 6. The van der Waals surface area contributed by atoms with Crippen LogP contribution in [-0.2, 0) is 16.1 Å². The van der Waals surface area contributed by atoms with Crippen molar-refractivity contribution in [1.82, 2.24) is 4.90 Å². The molecule has 132 valence electrons. The van der Waals surface area contributed by atoms with Crippen LogP contribution < -0.4 is 4.74 Å². The third kappa shape index (κ3) is 4.83. The van der Waals surface area contributed by atoms with Gasteiger partial charge in [-0.05, 0) is 56.1 Å². The Bertz CT molecular complexity index is 687. The Balaban J connectivity index is 1.69. The second kappa shape index (κ2) is 8.67. The summed E-state index contributed by atoms with van der Waals surface area (Å²) >= 11 is 0. The lowest BCUT2D eigenvalue weighted by atomic mass is 10.0. The highest BCUT2D eigenvalue weighted by atomic mass is 16.5. The van der Waals surface area contributed by atoms with Gasteiger partial charge in [0.2, 0.25) is 0 Å². The fourth-order valence-electron chi connectivity index (χ4n) is 3.25. The lowest BCUT2D eigenvalue weighted by molar-refractivity contribution is -0.151. The topological polar surface area (TPSA) is 38.8 Å². The summed E-state index contributed by atoms with van der Waals surface area (Å²) in [4.78, 5) is 14.4. The number of benzene rings is 2. The van der Waals surface area contributed by atoms with Crippen LogP contribution in [0.3, 0.4) is 0 Å². The predicted octanol–water partition coefficient (Wildman–Crippen LogP) is 4.40. The molecule has 1 fully saturated rings. The Morgan fingerprint density at radius 2 is 1.88 bits per heavy atom. The molecule has 1 aliphatic rings. The minimum atomic E-state index is -0.132. The lowest BCUT2D eigenvalue weighted by Gasteiger charge is -2.34. The molecular formula is C21H25NO3. The number of ether oxygens (including phenoxy) is 2. The van der Waals surface area contributed by atoms with Gasteiger partial charge in [0, 0.05) is 6.54 Å². The van der Waals surface area contributed by atoms with E-state index in [4.69, 9.17) is 9.47 Å². The van der Waals surface area contributed by atoms with Crippen molar-refractivity contribution in [2.75, 3.05) is 13.2 Å². The summed E-state index contributed by atoms with van der Waals surface area (Å²) in [5, 5.41) is 0. The first kappa shape index (κ1) is 17.5. The molecule has 2 aromatic rings. The maximum Gasteiger partial charge on any atom is 0.323 e. The first-order valence-corrected chi connectivity index (χ1v) is 8.99. The number of esters is 1. The molecule has 1 aliphatic heterocycles. The van der Waals surface area contributed by atoms with E-state index in [1.807, 2.05) is 55.5 Å². The van der Waals surface area contributed by atoms with E-state index in [0.717, 1.165) is 49.4 Å². The highest BCUT2D eigenvalue weighted by Crippen LogP contribution is 2.25. The minimum absolute atomic E-state index is 0.0982. The van der Waals surface area contributed by atoms with Crippen LogP contribution in [0.2, 0.25) is 0 Å². The molecule has 4 nitrogen and oxygen atoms in total. The average molecular weight is 339 g/mol. The first-order valence-electron chi connectivity index (χ1n) is 8.99. The van der Waals surface area contributed by atoms with Crippen LogP contribution in [0.4, 0.5) is 0 Å². The second-order valence-corrected chi connectivity index (χ2v) is 6.30. The standard InChI is InChI=1S/C21H25NO3/c1-2-24-21(23)20-13-6-7-14-22(20)16-17-9-8-12-19(15-17)25-18-10-4-3-5-11-18/h3-5,8-12,15,20H,2,6-7,13-14,16H2,1H3/t20-/m0/s1. The maximum absolute atomic E-state index is 12.2. The van der Waals surface area contributed by atoms with Crippen LogP contribution >= 0.6 is 0 Å². The van der Waals surface area contributed by atoms with E-state index in [9.17, 15) is 4.79 Å². The Morgan fingerprint density at radius 1 is 1.08 bits per heavy atom. The average Bonchev–Trinajstić information content (AvgIpc) is 2.63. The van der Waals surface area contributed by atoms with Gasteiger partial charge in [-0.25, -0.2) is 0 Å². The number of hydrogen-bond donors (Lipinski definition) is 0. The number of piperidine rings is 1. The second-order valence-electron chi connectivity index (χ2n) is 6.30. The van der Waals surface area contributed by atoms with E-state index in [1.165, 1.54) is 0 Å². The van der Waals surface area contributed by atoms with Gasteiger partial charge < -0.3 is 9.47 Å². The highest BCUT2D eigenvalue weighted by Gasteiger charge is 2.29. The number of hydrogen-bond acceptors (Lipinski definition) is 4. The van der Waals surface area contributed by atoms with Crippen LogP contribution in [0.1, 0.15) is 31.7 Å². The van der Waals surface area contributed by atoms with Crippen LogP contribution in [0.15, 0.2) is 54.6 Å². The molecule has 0 amide bonds. The molecule has 0 aromatic heterocycles. The summed E-state index contributed by atoms with van der Waals surface area (Å²) in [5.41, 5.74) is 1.14. The maximum atomic E-state index is 12.2. The summed E-state index contributed by atoms with van der Waals surface area (Å²) < 4.78 is 11.2. The van der Waals surface area contributed by atoms with Crippen LogP contribution in [0.5, 0.6) is 11.5 Å². The Hall–Kier alpha value is -2.33. The smallest absolute Gasteiger partial charge is 0.323 e. The van der Waals surface area contributed by atoms with Crippen molar-refractivity contribution in [2.24, 2.45) is 0 Å². The zero-order chi connectivity index (χ0) is 17.5. The molecule has 0 spiro atoms. The summed E-state index contributed by atoms with van der Waals surface area (Å²) in [5.74, 6) is 1.54. The molecule has 0 N–H and O–H groups in total. The molecule has 1 saturated heterocycles. The van der Waals surface area contributed by atoms with Crippen LogP contribution in [0.25, 0.3) is 0 Å². The largest absolute Gasteiger partial charge is 0.465 e. The van der Waals surface area contributed by atoms with Gasteiger partial charge >= 0.3 is 5.97 Å². The molecule has 1 atom stereocenters. The monoisotopic (exact) mass is 339 g/mol. The summed E-state index contributed by atoms with van der Waals surface area (Å²) in [7, 11) is 0. The zero-order valence-corrected chi connectivity index (χ0v) is 14.7. The molecule has 2 aromatic carbocycles. The predicted molar refractivity (Wildman–Crippen MR) is 97.6 cm³/mol. The molecule has 0 saturated carbocycles. The van der Waals surface area contributed by atoms with Crippen molar-refractivity contribution in [3.05, 3.63) is 60.2 Å². The Labute approximate surface area is 149 Å².